The van der Waals surface area contributed by atoms with Gasteiger partial charge in [-0.2, -0.15) is 0 Å². The minimum Gasteiger partial charge on any atom is -0.394 e. The molecule has 12 heavy (non-hydrogen) atoms. The molecule has 70 valence electrons. The molecule has 2 aliphatic rings. The van der Waals surface area contributed by atoms with Crippen molar-refractivity contribution in [2.45, 2.75) is 31.4 Å². The summed E-state index contributed by atoms with van der Waals surface area (Å²) in [6, 6.07) is 0.868. The van der Waals surface area contributed by atoms with Gasteiger partial charge in [0.1, 0.15) is 0 Å². The minimum absolute atomic E-state index is 0.153. The molecule has 1 heterocycles. The molecule has 1 saturated heterocycles. The van der Waals surface area contributed by atoms with Gasteiger partial charge in [-0.3, -0.25) is 4.90 Å². The van der Waals surface area contributed by atoms with E-state index in [-0.39, 0.29) is 6.61 Å². The molecule has 0 spiro atoms. The van der Waals surface area contributed by atoms with Crippen LogP contribution in [0.4, 0.5) is 0 Å². The van der Waals surface area contributed by atoms with Crippen LogP contribution in [-0.2, 0) is 4.74 Å². The molecule has 1 aliphatic heterocycles. The van der Waals surface area contributed by atoms with Crippen LogP contribution >= 0.6 is 0 Å². The molecule has 2 fully saturated rings. The molecule has 0 radical (unpaired) electrons. The van der Waals surface area contributed by atoms with Crippen LogP contribution in [0.25, 0.3) is 0 Å². The van der Waals surface area contributed by atoms with Gasteiger partial charge in [-0.05, 0) is 19.3 Å². The van der Waals surface area contributed by atoms with E-state index in [2.05, 4.69) is 4.90 Å². The zero-order chi connectivity index (χ0) is 8.39. The Morgan fingerprint density at radius 3 is 2.83 bits per heavy atom. The number of nitrogens with zero attached hydrogens (tertiary/aromatic N) is 1. The van der Waals surface area contributed by atoms with Crippen LogP contribution in [-0.4, -0.2) is 48.5 Å². The third-order valence-electron chi connectivity index (χ3n) is 2.68. The van der Waals surface area contributed by atoms with Crippen molar-refractivity contribution in [3.63, 3.8) is 0 Å². The normalized spacial score (nSPS) is 31.2. The fourth-order valence-electron chi connectivity index (χ4n) is 1.88. The molecule has 1 saturated carbocycles. The quantitative estimate of drug-likeness (QED) is 0.657. The number of rotatable bonds is 4. The molecule has 1 aliphatic carbocycles. The monoisotopic (exact) mass is 171 g/mol. The lowest BCUT2D eigenvalue weighted by atomic mass is 10.3. The molecule has 0 amide bonds. The van der Waals surface area contributed by atoms with Gasteiger partial charge in [0.15, 0.2) is 0 Å². The first-order chi connectivity index (χ1) is 5.90. The topological polar surface area (TPSA) is 32.7 Å². The number of hydrogen-bond donors (Lipinski definition) is 1. The third kappa shape index (κ3) is 1.97. The first kappa shape index (κ1) is 8.48. The van der Waals surface area contributed by atoms with Crippen molar-refractivity contribution in [1.29, 1.82) is 0 Å². The Kier molecular flexibility index (Phi) is 2.63. The largest absolute Gasteiger partial charge is 0.394 e. The second kappa shape index (κ2) is 3.73. The first-order valence-corrected chi connectivity index (χ1v) is 4.86. The molecule has 2 rings (SSSR count). The maximum absolute atomic E-state index is 8.58. The van der Waals surface area contributed by atoms with Crippen LogP contribution in [0.2, 0.25) is 0 Å². The van der Waals surface area contributed by atoms with Gasteiger partial charge >= 0.3 is 0 Å². The Morgan fingerprint density at radius 1 is 1.33 bits per heavy atom. The van der Waals surface area contributed by atoms with Crippen molar-refractivity contribution < 1.29 is 9.84 Å². The van der Waals surface area contributed by atoms with Crippen molar-refractivity contribution >= 4 is 0 Å². The summed E-state index contributed by atoms with van der Waals surface area (Å²) in [5.41, 5.74) is 0. The van der Waals surface area contributed by atoms with E-state index >= 15 is 0 Å². The van der Waals surface area contributed by atoms with Crippen LogP contribution in [0, 0.1) is 0 Å². The molecule has 3 nitrogen and oxygen atoms in total. The van der Waals surface area contributed by atoms with E-state index in [0.29, 0.717) is 12.7 Å². The maximum Gasteiger partial charge on any atom is 0.0715 e. The molecule has 0 aromatic rings. The molecule has 1 unspecified atom stereocenters. The number of aliphatic hydroxyl groups excluding tert-OH is 1. The van der Waals surface area contributed by atoms with Crippen molar-refractivity contribution in [3.05, 3.63) is 0 Å². The average Bonchev–Trinajstić information content (AvgIpc) is 2.83. The highest BCUT2D eigenvalue weighted by Crippen LogP contribution is 2.30. The van der Waals surface area contributed by atoms with E-state index in [9.17, 15) is 0 Å². The van der Waals surface area contributed by atoms with Gasteiger partial charge < -0.3 is 9.84 Å². The van der Waals surface area contributed by atoms with E-state index in [4.69, 9.17) is 9.84 Å². The van der Waals surface area contributed by atoms with Gasteiger partial charge in [-0.15, -0.1) is 0 Å². The lowest BCUT2D eigenvalue weighted by Gasteiger charge is -2.14. The van der Waals surface area contributed by atoms with Crippen molar-refractivity contribution in [1.82, 2.24) is 4.90 Å². The molecule has 3 heteroatoms. The Labute approximate surface area is 73.3 Å². The summed E-state index contributed by atoms with van der Waals surface area (Å²) in [5, 5.41) is 8.58. The van der Waals surface area contributed by atoms with Gasteiger partial charge in [-0.1, -0.05) is 0 Å². The van der Waals surface area contributed by atoms with Gasteiger partial charge in [0.05, 0.1) is 19.3 Å². The van der Waals surface area contributed by atoms with Crippen molar-refractivity contribution in [2.75, 3.05) is 26.3 Å². The summed E-state index contributed by atoms with van der Waals surface area (Å²) < 4.78 is 5.47. The zero-order valence-electron chi connectivity index (χ0n) is 7.41. The Balaban J connectivity index is 1.67. The minimum atomic E-state index is 0.153. The second-order valence-corrected chi connectivity index (χ2v) is 3.73. The predicted octanol–water partition coefficient (Wildman–Crippen LogP) is 0.232. The van der Waals surface area contributed by atoms with Gasteiger partial charge in [0.25, 0.3) is 0 Å². The Morgan fingerprint density at radius 2 is 2.17 bits per heavy atom. The third-order valence-corrected chi connectivity index (χ3v) is 2.68. The Bertz CT molecular complexity index is 147. The summed E-state index contributed by atoms with van der Waals surface area (Å²) in [5.74, 6) is 0. The zero-order valence-corrected chi connectivity index (χ0v) is 7.41. The van der Waals surface area contributed by atoms with Gasteiger partial charge in [0.2, 0.25) is 0 Å². The number of hydrogen-bond acceptors (Lipinski definition) is 3. The van der Waals surface area contributed by atoms with E-state index < -0.39 is 0 Å². The van der Waals surface area contributed by atoms with E-state index in [0.717, 1.165) is 19.0 Å². The van der Waals surface area contributed by atoms with E-state index in [1.165, 1.54) is 19.4 Å². The van der Waals surface area contributed by atoms with Crippen molar-refractivity contribution in [3.8, 4) is 0 Å². The second-order valence-electron chi connectivity index (χ2n) is 3.73. The lowest BCUT2D eigenvalue weighted by molar-refractivity contribution is 0.0337. The van der Waals surface area contributed by atoms with Crippen LogP contribution < -0.4 is 0 Å². The van der Waals surface area contributed by atoms with Crippen molar-refractivity contribution in [2.24, 2.45) is 0 Å². The summed E-state index contributed by atoms with van der Waals surface area (Å²) in [6.07, 6.45) is 4.30. The standard InChI is InChI=1S/C9H17NO2/c11-5-6-12-9-3-4-10(7-9)8-1-2-8/h8-9,11H,1-7H2. The molecule has 0 aromatic heterocycles. The lowest BCUT2D eigenvalue weighted by Crippen LogP contribution is -2.25. The first-order valence-electron chi connectivity index (χ1n) is 4.86. The number of ether oxygens (including phenoxy) is 1. The van der Waals surface area contributed by atoms with Crippen LogP contribution in [0.5, 0.6) is 0 Å². The molecule has 0 bridgehead atoms. The number of likely N-dealkylation sites (tertiary alicyclic amines) is 1. The average molecular weight is 171 g/mol. The van der Waals surface area contributed by atoms with Crippen LogP contribution in [0.1, 0.15) is 19.3 Å². The summed E-state index contributed by atoms with van der Waals surface area (Å²) in [6.45, 7) is 2.94. The molecule has 0 aromatic carbocycles. The van der Waals surface area contributed by atoms with Gasteiger partial charge in [0, 0.05) is 19.1 Å². The fourth-order valence-corrected chi connectivity index (χ4v) is 1.88. The Hall–Kier alpha value is -0.120. The van der Waals surface area contributed by atoms with E-state index in [1.807, 2.05) is 0 Å². The SMILES string of the molecule is OCCOC1CCN(C2CC2)C1. The highest BCUT2D eigenvalue weighted by molar-refractivity contribution is 4.89. The smallest absolute Gasteiger partial charge is 0.0715 e. The predicted molar refractivity (Wildman–Crippen MR) is 46.0 cm³/mol. The molecule has 1 N–H and O–H groups in total. The summed E-state index contributed by atoms with van der Waals surface area (Å²) in [7, 11) is 0. The van der Waals surface area contributed by atoms with Gasteiger partial charge in [-0.25, -0.2) is 0 Å². The van der Waals surface area contributed by atoms with Crippen LogP contribution in [0.15, 0.2) is 0 Å². The van der Waals surface area contributed by atoms with E-state index in [1.54, 1.807) is 0 Å². The highest BCUT2D eigenvalue weighted by Gasteiger charge is 2.34. The molecular formula is C9H17NO2. The molecular weight excluding hydrogens is 154 g/mol. The fraction of sp³-hybridized carbons (Fsp3) is 1.00. The molecule has 1 atom stereocenters. The van der Waals surface area contributed by atoms with Crippen LogP contribution in [0.3, 0.4) is 0 Å². The summed E-state index contributed by atoms with van der Waals surface area (Å²) in [4.78, 5) is 2.52. The highest BCUT2D eigenvalue weighted by atomic mass is 16.5. The summed E-state index contributed by atoms with van der Waals surface area (Å²) >= 11 is 0. The number of aliphatic hydroxyl groups is 1. The maximum atomic E-state index is 8.58.